The van der Waals surface area contributed by atoms with Crippen LogP contribution in [0, 0.1) is 24.7 Å². The second-order valence-corrected chi connectivity index (χ2v) is 6.92. The van der Waals surface area contributed by atoms with E-state index in [1.807, 2.05) is 84.9 Å². The molecule has 0 radical (unpaired) electrons. The number of benzene rings is 4. The standard InChI is InChI=1S/C26H20N2O/c1-3-25(27,23-17-9-13-19-11-5-7-15-21(19)23)29-26(28,4-2)24-18-10-14-20-12-6-8-16-22(20)24/h1-2,5-18H,27-28H2. The van der Waals surface area contributed by atoms with Gasteiger partial charge in [0, 0.05) is 11.1 Å². The molecule has 0 spiro atoms. The van der Waals surface area contributed by atoms with E-state index >= 15 is 0 Å². The maximum absolute atomic E-state index is 6.59. The third-order valence-corrected chi connectivity index (χ3v) is 5.13. The Morgan fingerprint density at radius 2 is 0.966 bits per heavy atom. The smallest absolute Gasteiger partial charge is 0.210 e. The van der Waals surface area contributed by atoms with Gasteiger partial charge >= 0.3 is 0 Å². The Balaban J connectivity index is 1.88. The van der Waals surface area contributed by atoms with Gasteiger partial charge in [-0.3, -0.25) is 11.5 Å². The van der Waals surface area contributed by atoms with Crippen LogP contribution < -0.4 is 11.5 Å². The summed E-state index contributed by atoms with van der Waals surface area (Å²) < 4.78 is 6.20. The number of terminal acetylenes is 2. The van der Waals surface area contributed by atoms with Crippen LogP contribution in [0.3, 0.4) is 0 Å². The first-order valence-electron chi connectivity index (χ1n) is 9.21. The fourth-order valence-electron chi connectivity index (χ4n) is 3.68. The van der Waals surface area contributed by atoms with Gasteiger partial charge in [0.1, 0.15) is 0 Å². The van der Waals surface area contributed by atoms with Crippen molar-refractivity contribution in [3.63, 3.8) is 0 Å². The molecule has 2 unspecified atom stereocenters. The zero-order valence-corrected chi connectivity index (χ0v) is 15.8. The van der Waals surface area contributed by atoms with Crippen LogP contribution in [0.4, 0.5) is 0 Å². The highest BCUT2D eigenvalue weighted by atomic mass is 16.5. The van der Waals surface area contributed by atoms with Crippen molar-refractivity contribution in [2.24, 2.45) is 11.5 Å². The monoisotopic (exact) mass is 376 g/mol. The molecule has 4 N–H and O–H groups in total. The summed E-state index contributed by atoms with van der Waals surface area (Å²) in [5.74, 6) is 5.15. The molecule has 0 aliphatic heterocycles. The van der Waals surface area contributed by atoms with Gasteiger partial charge in [-0.15, -0.1) is 12.8 Å². The largest absolute Gasteiger partial charge is 0.309 e. The highest BCUT2D eigenvalue weighted by molar-refractivity contribution is 5.88. The fourth-order valence-corrected chi connectivity index (χ4v) is 3.68. The van der Waals surface area contributed by atoms with Crippen LogP contribution in [0.1, 0.15) is 11.1 Å². The normalized spacial score (nSPS) is 15.2. The van der Waals surface area contributed by atoms with Gasteiger partial charge < -0.3 is 4.74 Å². The van der Waals surface area contributed by atoms with Crippen molar-refractivity contribution in [1.29, 1.82) is 0 Å². The molecular formula is C26H20N2O. The van der Waals surface area contributed by atoms with Crippen molar-refractivity contribution < 1.29 is 4.74 Å². The third-order valence-electron chi connectivity index (χ3n) is 5.13. The topological polar surface area (TPSA) is 61.3 Å². The summed E-state index contributed by atoms with van der Waals surface area (Å²) in [6, 6.07) is 27.0. The SMILES string of the molecule is C#CC(N)(OC(N)(C#C)c1cccc2ccccc12)c1cccc2ccccc12. The molecule has 3 nitrogen and oxygen atoms in total. The zero-order valence-electron chi connectivity index (χ0n) is 15.8. The van der Waals surface area contributed by atoms with E-state index in [1.54, 1.807) is 0 Å². The second-order valence-electron chi connectivity index (χ2n) is 6.92. The van der Waals surface area contributed by atoms with Crippen LogP contribution in [0.2, 0.25) is 0 Å². The number of hydrogen-bond acceptors (Lipinski definition) is 3. The van der Waals surface area contributed by atoms with Gasteiger partial charge in [-0.2, -0.15) is 0 Å². The summed E-state index contributed by atoms with van der Waals surface area (Å²) in [7, 11) is 0. The summed E-state index contributed by atoms with van der Waals surface area (Å²) in [6.45, 7) is 0. The van der Waals surface area contributed by atoms with E-state index < -0.39 is 11.4 Å². The number of fused-ring (bicyclic) bond motifs is 2. The van der Waals surface area contributed by atoms with Crippen molar-refractivity contribution in [1.82, 2.24) is 0 Å². The molecule has 4 aromatic rings. The van der Waals surface area contributed by atoms with E-state index in [0.29, 0.717) is 11.1 Å². The molecule has 4 rings (SSSR count). The quantitative estimate of drug-likeness (QED) is 0.414. The Morgan fingerprint density at radius 3 is 1.38 bits per heavy atom. The lowest BCUT2D eigenvalue weighted by molar-refractivity contribution is -0.0987. The molecule has 0 heterocycles. The molecule has 3 heteroatoms. The average Bonchev–Trinajstić information content (AvgIpc) is 2.78. The molecule has 0 saturated carbocycles. The summed E-state index contributed by atoms with van der Waals surface area (Å²) in [4.78, 5) is 0. The first-order valence-corrected chi connectivity index (χ1v) is 9.21. The Hall–Kier alpha value is -3.60. The molecule has 29 heavy (non-hydrogen) atoms. The minimum atomic E-state index is -1.63. The van der Waals surface area contributed by atoms with Gasteiger partial charge in [0.15, 0.2) is 0 Å². The van der Waals surface area contributed by atoms with Crippen LogP contribution >= 0.6 is 0 Å². The first kappa shape index (κ1) is 18.7. The summed E-state index contributed by atoms with van der Waals surface area (Å²) in [6.07, 6.45) is 11.7. The van der Waals surface area contributed by atoms with Crippen molar-refractivity contribution in [3.05, 3.63) is 96.1 Å². The summed E-state index contributed by atoms with van der Waals surface area (Å²) in [5.41, 5.74) is 11.2. The molecule has 0 aromatic heterocycles. The van der Waals surface area contributed by atoms with Crippen molar-refractivity contribution in [3.8, 4) is 24.7 Å². The second kappa shape index (κ2) is 7.09. The van der Waals surface area contributed by atoms with E-state index in [1.165, 1.54) is 0 Å². The first-order chi connectivity index (χ1) is 14.0. The van der Waals surface area contributed by atoms with Crippen LogP contribution in [-0.2, 0) is 16.2 Å². The van der Waals surface area contributed by atoms with Crippen LogP contribution in [0.15, 0.2) is 84.9 Å². The van der Waals surface area contributed by atoms with Gasteiger partial charge in [-0.1, -0.05) is 96.8 Å². The van der Waals surface area contributed by atoms with E-state index in [4.69, 9.17) is 29.1 Å². The highest BCUT2D eigenvalue weighted by Crippen LogP contribution is 2.35. The molecule has 0 saturated heterocycles. The number of rotatable bonds is 4. The van der Waals surface area contributed by atoms with Gasteiger partial charge in [-0.25, -0.2) is 0 Å². The van der Waals surface area contributed by atoms with Crippen molar-refractivity contribution in [2.75, 3.05) is 0 Å². The molecule has 4 aromatic carbocycles. The molecule has 2 atom stereocenters. The Labute approximate surface area is 170 Å². The third kappa shape index (κ3) is 3.14. The molecular weight excluding hydrogens is 356 g/mol. The maximum atomic E-state index is 6.59. The Bertz CT molecular complexity index is 1190. The van der Waals surface area contributed by atoms with Gasteiger partial charge in [0.05, 0.1) is 0 Å². The van der Waals surface area contributed by atoms with E-state index in [9.17, 15) is 0 Å². The molecule has 0 aliphatic carbocycles. The minimum Gasteiger partial charge on any atom is -0.309 e. The van der Waals surface area contributed by atoms with Crippen LogP contribution in [0.25, 0.3) is 21.5 Å². The van der Waals surface area contributed by atoms with E-state index in [0.717, 1.165) is 21.5 Å². The lowest BCUT2D eigenvalue weighted by Crippen LogP contribution is -2.50. The lowest BCUT2D eigenvalue weighted by Gasteiger charge is -2.35. The predicted octanol–water partition coefficient (Wildman–Crippen LogP) is 4.20. The molecule has 140 valence electrons. The Morgan fingerprint density at radius 1 is 0.586 bits per heavy atom. The van der Waals surface area contributed by atoms with Crippen LogP contribution in [0.5, 0.6) is 0 Å². The maximum Gasteiger partial charge on any atom is 0.210 e. The van der Waals surface area contributed by atoms with Crippen molar-refractivity contribution in [2.45, 2.75) is 11.4 Å². The predicted molar refractivity (Wildman–Crippen MR) is 118 cm³/mol. The van der Waals surface area contributed by atoms with Crippen molar-refractivity contribution >= 4 is 21.5 Å². The number of hydrogen-bond donors (Lipinski definition) is 2. The van der Waals surface area contributed by atoms with Gasteiger partial charge in [0.25, 0.3) is 0 Å². The zero-order chi connectivity index (χ0) is 20.5. The minimum absolute atomic E-state index is 0.628. The van der Waals surface area contributed by atoms with E-state index in [2.05, 4.69) is 11.8 Å². The lowest BCUT2D eigenvalue weighted by atomic mass is 9.93. The number of ether oxygens (including phenoxy) is 1. The molecule has 0 bridgehead atoms. The summed E-state index contributed by atoms with van der Waals surface area (Å²) in [5, 5.41) is 3.75. The average molecular weight is 376 g/mol. The van der Waals surface area contributed by atoms with Gasteiger partial charge in [-0.05, 0) is 21.5 Å². The highest BCUT2D eigenvalue weighted by Gasteiger charge is 2.39. The van der Waals surface area contributed by atoms with Crippen LogP contribution in [-0.4, -0.2) is 0 Å². The summed E-state index contributed by atoms with van der Waals surface area (Å²) >= 11 is 0. The Kier molecular flexibility index (Phi) is 4.59. The molecule has 0 fully saturated rings. The molecule has 0 aliphatic rings. The fraction of sp³-hybridized carbons (Fsp3) is 0.0769. The number of nitrogens with two attached hydrogens (primary N) is 2. The van der Waals surface area contributed by atoms with E-state index in [-0.39, 0.29) is 0 Å². The van der Waals surface area contributed by atoms with Gasteiger partial charge in [0.2, 0.25) is 11.4 Å². The molecule has 0 amide bonds.